The molecule has 0 aliphatic heterocycles. The van der Waals surface area contributed by atoms with Crippen LogP contribution in [0.15, 0.2) is 71.1 Å². The lowest BCUT2D eigenvalue weighted by Gasteiger charge is -2.20. The molecule has 1 atom stereocenters. The summed E-state index contributed by atoms with van der Waals surface area (Å²) in [6, 6.07) is 21.3. The standard InChI is InChI=1S/C28H27FO2/c1-17(2)28(20-8-9-20)22-11-10-21-14-26(31-27(21)15-22)19-6-4-18(5-7-19)24-16-23(30-3)12-13-25(24)29/h4-7,10-17,20,28H,8-9H2,1-3H3. The van der Waals surface area contributed by atoms with Gasteiger partial charge in [-0.05, 0) is 72.1 Å². The first-order valence-corrected chi connectivity index (χ1v) is 11.0. The van der Waals surface area contributed by atoms with Gasteiger partial charge in [0.1, 0.15) is 22.9 Å². The highest BCUT2D eigenvalue weighted by molar-refractivity contribution is 5.84. The molecule has 158 valence electrons. The van der Waals surface area contributed by atoms with Crippen LogP contribution in [0.2, 0.25) is 0 Å². The Morgan fingerprint density at radius 1 is 0.903 bits per heavy atom. The minimum Gasteiger partial charge on any atom is -0.497 e. The van der Waals surface area contributed by atoms with E-state index in [0.29, 0.717) is 23.1 Å². The zero-order chi connectivity index (χ0) is 21.5. The number of ether oxygens (including phenoxy) is 1. The maximum absolute atomic E-state index is 14.3. The highest BCUT2D eigenvalue weighted by atomic mass is 19.1. The van der Waals surface area contributed by atoms with Crippen molar-refractivity contribution in [3.05, 3.63) is 78.1 Å². The second kappa shape index (κ2) is 7.88. The summed E-state index contributed by atoms with van der Waals surface area (Å²) in [5, 5.41) is 1.11. The van der Waals surface area contributed by atoms with Gasteiger partial charge in [0.15, 0.2) is 0 Å². The fourth-order valence-electron chi connectivity index (χ4n) is 4.72. The normalized spacial score (nSPS) is 14.9. The number of methoxy groups -OCH3 is 1. The van der Waals surface area contributed by atoms with Crippen LogP contribution in [0.5, 0.6) is 5.75 Å². The van der Waals surface area contributed by atoms with Crippen molar-refractivity contribution in [2.45, 2.75) is 32.6 Å². The van der Waals surface area contributed by atoms with Crippen LogP contribution < -0.4 is 4.74 Å². The monoisotopic (exact) mass is 414 g/mol. The Hall–Kier alpha value is -3.07. The molecular formula is C28H27FO2. The number of benzene rings is 3. The summed E-state index contributed by atoms with van der Waals surface area (Å²) >= 11 is 0. The van der Waals surface area contributed by atoms with Crippen LogP contribution in [0.3, 0.4) is 0 Å². The average Bonchev–Trinajstić information content (AvgIpc) is 3.51. The number of rotatable bonds is 6. The molecule has 1 heterocycles. The van der Waals surface area contributed by atoms with E-state index in [1.54, 1.807) is 19.2 Å². The minimum atomic E-state index is -0.264. The lowest BCUT2D eigenvalue weighted by Crippen LogP contribution is -2.08. The molecule has 2 nitrogen and oxygen atoms in total. The molecule has 0 radical (unpaired) electrons. The molecule has 1 fully saturated rings. The number of fused-ring (bicyclic) bond motifs is 1. The molecule has 1 saturated carbocycles. The Balaban J connectivity index is 1.46. The Morgan fingerprint density at radius 2 is 1.65 bits per heavy atom. The molecule has 3 aromatic carbocycles. The fourth-order valence-corrected chi connectivity index (χ4v) is 4.72. The zero-order valence-corrected chi connectivity index (χ0v) is 18.2. The van der Waals surface area contributed by atoms with Crippen molar-refractivity contribution in [1.82, 2.24) is 0 Å². The topological polar surface area (TPSA) is 22.4 Å². The van der Waals surface area contributed by atoms with Crippen molar-refractivity contribution < 1.29 is 13.5 Å². The van der Waals surface area contributed by atoms with Crippen molar-refractivity contribution in [3.8, 4) is 28.2 Å². The second-order valence-corrected chi connectivity index (χ2v) is 8.94. The van der Waals surface area contributed by atoms with Gasteiger partial charge in [-0.3, -0.25) is 0 Å². The highest BCUT2D eigenvalue weighted by Crippen LogP contribution is 2.47. The third kappa shape index (κ3) is 3.85. The van der Waals surface area contributed by atoms with Crippen LogP contribution in [0.25, 0.3) is 33.4 Å². The molecule has 0 bridgehead atoms. The summed E-state index contributed by atoms with van der Waals surface area (Å²) in [6.45, 7) is 4.63. The summed E-state index contributed by atoms with van der Waals surface area (Å²) in [4.78, 5) is 0. The molecule has 1 aliphatic carbocycles. The van der Waals surface area contributed by atoms with E-state index < -0.39 is 0 Å². The number of furan rings is 1. The quantitative estimate of drug-likeness (QED) is 0.318. The first-order valence-electron chi connectivity index (χ1n) is 11.0. The van der Waals surface area contributed by atoms with Crippen molar-refractivity contribution in [3.63, 3.8) is 0 Å². The molecular weight excluding hydrogens is 387 g/mol. The molecule has 1 aliphatic rings. The summed E-state index contributed by atoms with van der Waals surface area (Å²) in [5.74, 6) is 3.26. The van der Waals surface area contributed by atoms with Crippen molar-refractivity contribution in [2.75, 3.05) is 7.11 Å². The number of hydrogen-bond donors (Lipinski definition) is 0. The van der Waals surface area contributed by atoms with E-state index in [2.05, 4.69) is 38.1 Å². The van der Waals surface area contributed by atoms with Crippen molar-refractivity contribution in [1.29, 1.82) is 0 Å². The highest BCUT2D eigenvalue weighted by Gasteiger charge is 2.34. The van der Waals surface area contributed by atoms with Crippen molar-refractivity contribution in [2.24, 2.45) is 11.8 Å². The van der Waals surface area contributed by atoms with E-state index in [1.165, 1.54) is 24.5 Å². The summed E-state index contributed by atoms with van der Waals surface area (Å²) in [6.07, 6.45) is 2.68. The maximum atomic E-state index is 14.3. The molecule has 5 rings (SSSR count). The predicted octanol–water partition coefficient (Wildman–Crippen LogP) is 8.06. The van der Waals surface area contributed by atoms with Gasteiger partial charge in [-0.1, -0.05) is 50.2 Å². The number of hydrogen-bond acceptors (Lipinski definition) is 2. The molecule has 0 spiro atoms. The summed E-state index contributed by atoms with van der Waals surface area (Å²) < 4.78 is 25.8. The van der Waals surface area contributed by atoms with Crippen molar-refractivity contribution >= 4 is 11.0 Å². The second-order valence-electron chi connectivity index (χ2n) is 8.94. The third-order valence-electron chi connectivity index (χ3n) is 6.43. The summed E-state index contributed by atoms with van der Waals surface area (Å²) in [5.41, 5.74) is 4.63. The fraction of sp³-hybridized carbons (Fsp3) is 0.286. The first kappa shape index (κ1) is 19.9. The lowest BCUT2D eigenvalue weighted by atomic mass is 9.84. The molecule has 0 saturated heterocycles. The largest absolute Gasteiger partial charge is 0.497 e. The Bertz CT molecular complexity index is 1210. The first-order chi connectivity index (χ1) is 15.0. The minimum absolute atomic E-state index is 0.264. The molecule has 1 aromatic heterocycles. The van der Waals surface area contributed by atoms with E-state index in [0.717, 1.165) is 33.8 Å². The van der Waals surface area contributed by atoms with Gasteiger partial charge in [0.05, 0.1) is 7.11 Å². The molecule has 0 N–H and O–H groups in total. The maximum Gasteiger partial charge on any atom is 0.135 e. The Labute approximate surface area is 182 Å². The lowest BCUT2D eigenvalue weighted by molar-refractivity contribution is 0.414. The van der Waals surface area contributed by atoms with Gasteiger partial charge in [0.2, 0.25) is 0 Å². The number of halogens is 1. The molecule has 0 amide bonds. The van der Waals surface area contributed by atoms with E-state index in [-0.39, 0.29) is 5.82 Å². The van der Waals surface area contributed by atoms with Crippen LogP contribution in [0.1, 0.15) is 38.2 Å². The van der Waals surface area contributed by atoms with Gasteiger partial charge >= 0.3 is 0 Å². The van der Waals surface area contributed by atoms with E-state index in [1.807, 2.05) is 24.3 Å². The van der Waals surface area contributed by atoms with Gasteiger partial charge in [-0.25, -0.2) is 4.39 Å². The zero-order valence-electron chi connectivity index (χ0n) is 18.2. The molecule has 1 unspecified atom stereocenters. The molecule has 31 heavy (non-hydrogen) atoms. The smallest absolute Gasteiger partial charge is 0.135 e. The third-order valence-corrected chi connectivity index (χ3v) is 6.43. The van der Waals surface area contributed by atoms with Crippen LogP contribution in [0.4, 0.5) is 4.39 Å². The SMILES string of the molecule is COc1ccc(F)c(-c2ccc(-c3cc4ccc(C(C(C)C)C5CC5)cc4o3)cc2)c1. The Morgan fingerprint density at radius 3 is 2.32 bits per heavy atom. The van der Waals surface area contributed by atoms with Gasteiger partial charge < -0.3 is 9.15 Å². The van der Waals surface area contributed by atoms with E-state index in [9.17, 15) is 4.39 Å². The van der Waals surface area contributed by atoms with Gasteiger partial charge in [0.25, 0.3) is 0 Å². The van der Waals surface area contributed by atoms with Gasteiger partial charge in [-0.15, -0.1) is 0 Å². The summed E-state index contributed by atoms with van der Waals surface area (Å²) in [7, 11) is 1.58. The van der Waals surface area contributed by atoms with Crippen LogP contribution >= 0.6 is 0 Å². The average molecular weight is 415 g/mol. The Kier molecular flexibility index (Phi) is 5.05. The molecule has 4 aromatic rings. The van der Waals surface area contributed by atoms with E-state index >= 15 is 0 Å². The van der Waals surface area contributed by atoms with Gasteiger partial charge in [-0.2, -0.15) is 0 Å². The predicted molar refractivity (Wildman–Crippen MR) is 124 cm³/mol. The van der Waals surface area contributed by atoms with E-state index in [4.69, 9.17) is 9.15 Å². The van der Waals surface area contributed by atoms with Gasteiger partial charge in [0, 0.05) is 16.5 Å². The van der Waals surface area contributed by atoms with Crippen LogP contribution in [-0.2, 0) is 0 Å². The van der Waals surface area contributed by atoms with Crippen LogP contribution in [0, 0.1) is 17.7 Å². The molecule has 3 heteroatoms. The van der Waals surface area contributed by atoms with Crippen LogP contribution in [-0.4, -0.2) is 7.11 Å².